The quantitative estimate of drug-likeness (QED) is 0.710. The highest BCUT2D eigenvalue weighted by molar-refractivity contribution is 5.96. The second-order valence-corrected chi connectivity index (χ2v) is 7.05. The highest BCUT2D eigenvalue weighted by Crippen LogP contribution is 2.25. The van der Waals surface area contributed by atoms with Crippen LogP contribution in [0.3, 0.4) is 0 Å². The molecule has 1 amide bonds. The van der Waals surface area contributed by atoms with E-state index in [4.69, 9.17) is 4.74 Å². The van der Waals surface area contributed by atoms with Crippen LogP contribution >= 0.6 is 0 Å². The summed E-state index contributed by atoms with van der Waals surface area (Å²) in [4.78, 5) is 23.4. The smallest absolute Gasteiger partial charge is 0.259 e. The molecule has 2 aromatic heterocycles. The second kappa shape index (κ2) is 7.74. The maximum absolute atomic E-state index is 12.9. The number of hydrogen-bond acceptors (Lipinski definition) is 4. The molecule has 0 saturated carbocycles. The predicted octanol–water partition coefficient (Wildman–Crippen LogP) is 3.73. The lowest BCUT2D eigenvalue weighted by molar-refractivity contribution is 0.0669. The number of ether oxygens (including phenoxy) is 1. The van der Waals surface area contributed by atoms with E-state index in [0.29, 0.717) is 17.4 Å². The number of fused-ring (bicyclic) bond motifs is 1. The zero-order valence-electron chi connectivity index (χ0n) is 15.5. The maximum Gasteiger partial charge on any atom is 0.259 e. The van der Waals surface area contributed by atoms with Gasteiger partial charge >= 0.3 is 0 Å². The number of methoxy groups -OCH3 is 1. The van der Waals surface area contributed by atoms with E-state index in [0.717, 1.165) is 37.9 Å². The number of aromatic nitrogens is 2. The van der Waals surface area contributed by atoms with Gasteiger partial charge in [-0.05, 0) is 61.1 Å². The molecule has 1 aliphatic heterocycles. The van der Waals surface area contributed by atoms with Crippen molar-refractivity contribution in [1.29, 1.82) is 0 Å². The fourth-order valence-electron chi connectivity index (χ4n) is 3.89. The van der Waals surface area contributed by atoms with Gasteiger partial charge in [0.1, 0.15) is 5.56 Å². The molecular weight excluding hydrogens is 338 g/mol. The molecular formula is C22H23N3O2. The van der Waals surface area contributed by atoms with Gasteiger partial charge < -0.3 is 9.64 Å². The Kier molecular flexibility index (Phi) is 5.01. The van der Waals surface area contributed by atoms with Gasteiger partial charge in [0.2, 0.25) is 5.88 Å². The largest absolute Gasteiger partial charge is 0.480 e. The molecule has 0 bridgehead atoms. The Balaban J connectivity index is 1.48. The summed E-state index contributed by atoms with van der Waals surface area (Å²) in [5.74, 6) is 0.860. The molecule has 5 heteroatoms. The van der Waals surface area contributed by atoms with Crippen LogP contribution in [-0.4, -0.2) is 41.0 Å². The van der Waals surface area contributed by atoms with Crippen molar-refractivity contribution in [3.8, 4) is 5.88 Å². The lowest BCUT2D eigenvalue weighted by atomic mass is 9.90. The summed E-state index contributed by atoms with van der Waals surface area (Å²) >= 11 is 0. The second-order valence-electron chi connectivity index (χ2n) is 7.05. The monoisotopic (exact) mass is 361 g/mol. The van der Waals surface area contributed by atoms with Crippen LogP contribution in [0.25, 0.3) is 10.9 Å². The Morgan fingerprint density at radius 3 is 2.93 bits per heavy atom. The number of pyridine rings is 2. The summed E-state index contributed by atoms with van der Waals surface area (Å²) in [6.45, 7) is 1.55. The summed E-state index contributed by atoms with van der Waals surface area (Å²) in [6, 6.07) is 14.1. The Morgan fingerprint density at radius 1 is 1.19 bits per heavy atom. The van der Waals surface area contributed by atoms with Gasteiger partial charge in [0.25, 0.3) is 5.91 Å². The Morgan fingerprint density at radius 2 is 2.04 bits per heavy atom. The lowest BCUT2D eigenvalue weighted by Gasteiger charge is -2.33. The minimum atomic E-state index is 0.00682. The number of carbonyl (C=O) groups excluding carboxylic acids is 1. The van der Waals surface area contributed by atoms with E-state index >= 15 is 0 Å². The van der Waals surface area contributed by atoms with Crippen molar-refractivity contribution < 1.29 is 9.53 Å². The normalized spacial score (nSPS) is 17.1. The molecule has 5 nitrogen and oxygen atoms in total. The van der Waals surface area contributed by atoms with Crippen LogP contribution in [0.5, 0.6) is 5.88 Å². The number of piperidine rings is 1. The highest BCUT2D eigenvalue weighted by atomic mass is 16.5. The standard InChI is InChI=1S/C22H23N3O2/c1-27-21-19(7-3-11-24-21)22(26)25-12-4-5-17(15-25)13-16-8-9-20-18(14-16)6-2-10-23-20/h2-3,6-11,14,17H,4-5,12-13,15H2,1H3/t17-/m1/s1. The number of hydrogen-bond donors (Lipinski definition) is 0. The van der Waals surface area contributed by atoms with E-state index < -0.39 is 0 Å². The SMILES string of the molecule is COc1ncccc1C(=O)N1CCC[C@H](Cc2ccc3ncccc3c2)C1. The molecule has 1 aliphatic rings. The van der Waals surface area contributed by atoms with E-state index in [1.54, 1.807) is 25.4 Å². The zero-order valence-corrected chi connectivity index (χ0v) is 15.5. The number of amides is 1. The number of likely N-dealkylation sites (tertiary alicyclic amines) is 1. The topological polar surface area (TPSA) is 55.3 Å². The molecule has 1 saturated heterocycles. The predicted molar refractivity (Wildman–Crippen MR) is 105 cm³/mol. The fourth-order valence-corrected chi connectivity index (χ4v) is 3.89. The van der Waals surface area contributed by atoms with Crippen molar-refractivity contribution >= 4 is 16.8 Å². The third-order valence-electron chi connectivity index (χ3n) is 5.19. The first-order valence-corrected chi connectivity index (χ1v) is 9.36. The molecule has 1 aromatic carbocycles. The van der Waals surface area contributed by atoms with Crippen molar-refractivity contribution in [2.24, 2.45) is 5.92 Å². The molecule has 0 N–H and O–H groups in total. The summed E-state index contributed by atoms with van der Waals surface area (Å²) in [7, 11) is 1.55. The number of carbonyl (C=O) groups is 1. The van der Waals surface area contributed by atoms with Gasteiger partial charge in [0.05, 0.1) is 12.6 Å². The van der Waals surface area contributed by atoms with Crippen molar-refractivity contribution in [3.63, 3.8) is 0 Å². The van der Waals surface area contributed by atoms with Gasteiger partial charge in [-0.15, -0.1) is 0 Å². The van der Waals surface area contributed by atoms with Crippen LogP contribution in [0.4, 0.5) is 0 Å². The Hall–Kier alpha value is -2.95. The minimum Gasteiger partial charge on any atom is -0.480 e. The van der Waals surface area contributed by atoms with Gasteiger partial charge in [-0.2, -0.15) is 0 Å². The number of benzene rings is 1. The molecule has 0 aliphatic carbocycles. The summed E-state index contributed by atoms with van der Waals surface area (Å²) in [6.07, 6.45) is 6.59. The van der Waals surface area contributed by atoms with E-state index in [1.807, 2.05) is 17.2 Å². The van der Waals surface area contributed by atoms with Gasteiger partial charge in [0.15, 0.2) is 0 Å². The van der Waals surface area contributed by atoms with Crippen LogP contribution in [0.2, 0.25) is 0 Å². The first-order valence-electron chi connectivity index (χ1n) is 9.36. The number of rotatable bonds is 4. The van der Waals surface area contributed by atoms with E-state index in [-0.39, 0.29) is 5.91 Å². The minimum absolute atomic E-state index is 0.00682. The summed E-state index contributed by atoms with van der Waals surface area (Å²) in [5.41, 5.74) is 2.86. The molecule has 3 aromatic rings. The van der Waals surface area contributed by atoms with E-state index in [1.165, 1.54) is 10.9 Å². The van der Waals surface area contributed by atoms with Crippen molar-refractivity contribution in [2.45, 2.75) is 19.3 Å². The average Bonchev–Trinajstić information content (AvgIpc) is 2.73. The third kappa shape index (κ3) is 3.77. The fraction of sp³-hybridized carbons (Fsp3) is 0.318. The third-order valence-corrected chi connectivity index (χ3v) is 5.19. The van der Waals surface area contributed by atoms with Crippen molar-refractivity contribution in [2.75, 3.05) is 20.2 Å². The lowest BCUT2D eigenvalue weighted by Crippen LogP contribution is -2.40. The molecule has 1 fully saturated rings. The van der Waals surface area contributed by atoms with E-state index in [9.17, 15) is 4.79 Å². The summed E-state index contributed by atoms with van der Waals surface area (Å²) in [5, 5.41) is 1.17. The summed E-state index contributed by atoms with van der Waals surface area (Å²) < 4.78 is 5.26. The van der Waals surface area contributed by atoms with Crippen molar-refractivity contribution in [3.05, 3.63) is 66.0 Å². The van der Waals surface area contributed by atoms with Crippen LogP contribution in [0.15, 0.2) is 54.9 Å². The first-order chi connectivity index (χ1) is 13.2. The molecule has 0 radical (unpaired) electrons. The molecule has 1 atom stereocenters. The van der Waals surface area contributed by atoms with Gasteiger partial charge in [0, 0.05) is 30.9 Å². The van der Waals surface area contributed by atoms with Crippen molar-refractivity contribution in [1.82, 2.24) is 14.9 Å². The van der Waals surface area contributed by atoms with Gasteiger partial charge in [-0.3, -0.25) is 9.78 Å². The Labute approximate surface area is 159 Å². The molecule has 4 rings (SSSR count). The molecule has 138 valence electrons. The Bertz CT molecular complexity index is 957. The molecule has 27 heavy (non-hydrogen) atoms. The number of nitrogens with zero attached hydrogens (tertiary/aromatic N) is 3. The van der Waals surface area contributed by atoms with Crippen LogP contribution in [-0.2, 0) is 6.42 Å². The van der Waals surface area contributed by atoms with E-state index in [2.05, 4.69) is 34.2 Å². The molecule has 0 spiro atoms. The van der Waals surface area contributed by atoms with Crippen LogP contribution in [0.1, 0.15) is 28.8 Å². The molecule has 3 heterocycles. The van der Waals surface area contributed by atoms with Crippen LogP contribution < -0.4 is 4.74 Å². The van der Waals surface area contributed by atoms with Crippen LogP contribution in [0, 0.1) is 5.92 Å². The highest BCUT2D eigenvalue weighted by Gasteiger charge is 2.26. The van der Waals surface area contributed by atoms with Gasteiger partial charge in [-0.25, -0.2) is 4.98 Å². The molecule has 0 unspecified atom stereocenters. The van der Waals surface area contributed by atoms with Gasteiger partial charge in [-0.1, -0.05) is 12.1 Å². The zero-order chi connectivity index (χ0) is 18.6. The first kappa shape index (κ1) is 17.5. The maximum atomic E-state index is 12.9. The average molecular weight is 361 g/mol.